The van der Waals surface area contributed by atoms with E-state index >= 15 is 0 Å². The third-order valence-corrected chi connectivity index (χ3v) is 6.57. The number of nitrogens with one attached hydrogen (secondary N) is 1. The molecule has 0 saturated heterocycles. The number of aliphatic imine (C=N–C) groups is 2. The number of nitriles is 1. The molecular weight excluding hydrogens is 402 g/mol. The first kappa shape index (κ1) is 21.6. The Morgan fingerprint density at radius 3 is 2.66 bits per heavy atom. The number of guanidine groups is 1. The molecule has 1 aliphatic heterocycles. The van der Waals surface area contributed by atoms with Crippen molar-refractivity contribution in [3.8, 4) is 11.9 Å². The van der Waals surface area contributed by atoms with Gasteiger partial charge in [-0.2, -0.15) is 5.26 Å². The lowest BCUT2D eigenvalue weighted by molar-refractivity contribution is 0.0927. The highest BCUT2D eigenvalue weighted by Crippen LogP contribution is 2.41. The normalized spacial score (nSPS) is 23.7. The highest BCUT2D eigenvalue weighted by atomic mass is 16.5. The van der Waals surface area contributed by atoms with E-state index in [0.29, 0.717) is 30.4 Å². The summed E-state index contributed by atoms with van der Waals surface area (Å²) in [6, 6.07) is 18.0. The van der Waals surface area contributed by atoms with Gasteiger partial charge < -0.3 is 15.0 Å². The van der Waals surface area contributed by atoms with Crippen LogP contribution in [0.3, 0.4) is 0 Å². The Hall–Kier alpha value is -3.66. The topological polar surface area (TPSA) is 90.1 Å². The molecule has 0 spiro atoms. The SMILES string of the molecule is COc1ccccc1C(=O)NC[C@]1(c2ccccc2)CC[C@@H](N2CC=NC2=NC#N)CC1. The van der Waals surface area contributed by atoms with Crippen molar-refractivity contribution in [1.29, 1.82) is 5.26 Å². The largest absolute Gasteiger partial charge is 0.496 e. The van der Waals surface area contributed by atoms with Gasteiger partial charge >= 0.3 is 0 Å². The minimum atomic E-state index is -0.150. The molecule has 0 bridgehead atoms. The zero-order valence-corrected chi connectivity index (χ0v) is 18.2. The second kappa shape index (κ2) is 9.65. The number of para-hydroxylation sites is 1. The zero-order chi connectivity index (χ0) is 22.4. The Morgan fingerprint density at radius 1 is 1.22 bits per heavy atom. The molecule has 164 valence electrons. The molecule has 0 atom stereocenters. The highest BCUT2D eigenvalue weighted by Gasteiger charge is 2.40. The summed E-state index contributed by atoms with van der Waals surface area (Å²) in [6.07, 6.45) is 7.38. The summed E-state index contributed by atoms with van der Waals surface area (Å²) < 4.78 is 5.36. The maximum Gasteiger partial charge on any atom is 0.255 e. The zero-order valence-electron chi connectivity index (χ0n) is 18.2. The molecule has 0 unspecified atom stereocenters. The summed E-state index contributed by atoms with van der Waals surface area (Å²) in [5.41, 5.74) is 1.63. The van der Waals surface area contributed by atoms with Crippen molar-refractivity contribution in [2.24, 2.45) is 9.98 Å². The Bertz CT molecular complexity index is 1050. The molecule has 2 aromatic carbocycles. The van der Waals surface area contributed by atoms with Crippen LogP contribution in [0.1, 0.15) is 41.6 Å². The van der Waals surface area contributed by atoms with Gasteiger partial charge in [0, 0.05) is 24.2 Å². The van der Waals surface area contributed by atoms with Gasteiger partial charge in [0.1, 0.15) is 5.75 Å². The molecule has 7 nitrogen and oxygen atoms in total. The van der Waals surface area contributed by atoms with E-state index in [9.17, 15) is 4.79 Å². The van der Waals surface area contributed by atoms with Gasteiger partial charge in [-0.15, -0.1) is 4.99 Å². The fraction of sp³-hybridized carbons (Fsp3) is 0.360. The molecule has 1 fully saturated rings. The average molecular weight is 430 g/mol. The number of rotatable bonds is 6. The van der Waals surface area contributed by atoms with Crippen LogP contribution in [0, 0.1) is 11.5 Å². The fourth-order valence-electron chi connectivity index (χ4n) is 4.82. The van der Waals surface area contributed by atoms with Crippen LogP contribution in [0.15, 0.2) is 64.6 Å². The summed E-state index contributed by atoms with van der Waals surface area (Å²) in [6.45, 7) is 1.24. The summed E-state index contributed by atoms with van der Waals surface area (Å²) in [5.74, 6) is 0.950. The van der Waals surface area contributed by atoms with E-state index < -0.39 is 0 Å². The van der Waals surface area contributed by atoms with Crippen LogP contribution in [0.2, 0.25) is 0 Å². The van der Waals surface area contributed by atoms with Crippen LogP contribution in [-0.2, 0) is 5.41 Å². The van der Waals surface area contributed by atoms with Crippen molar-refractivity contribution in [3.05, 3.63) is 65.7 Å². The minimum Gasteiger partial charge on any atom is -0.496 e. The number of methoxy groups -OCH3 is 1. The van der Waals surface area contributed by atoms with E-state index in [4.69, 9.17) is 10.00 Å². The molecule has 4 rings (SSSR count). The quantitative estimate of drug-likeness (QED) is 0.712. The predicted octanol–water partition coefficient (Wildman–Crippen LogP) is 3.53. The van der Waals surface area contributed by atoms with Gasteiger partial charge in [-0.1, -0.05) is 42.5 Å². The number of carbonyl (C=O) groups excluding carboxylic acids is 1. The molecule has 1 aliphatic carbocycles. The maximum atomic E-state index is 13.0. The molecule has 0 aromatic heterocycles. The molecule has 2 aliphatic rings. The average Bonchev–Trinajstić information content (AvgIpc) is 3.32. The maximum absolute atomic E-state index is 13.0. The van der Waals surface area contributed by atoms with Crippen LogP contribution >= 0.6 is 0 Å². The number of hydrogen-bond acceptors (Lipinski definition) is 4. The fourth-order valence-corrected chi connectivity index (χ4v) is 4.82. The lowest BCUT2D eigenvalue weighted by Gasteiger charge is -2.43. The van der Waals surface area contributed by atoms with Gasteiger partial charge in [0.05, 0.1) is 19.2 Å². The van der Waals surface area contributed by atoms with Crippen LogP contribution in [-0.4, -0.2) is 49.2 Å². The van der Waals surface area contributed by atoms with E-state index in [2.05, 4.69) is 44.5 Å². The molecular formula is C25H27N5O2. The van der Waals surface area contributed by atoms with Crippen molar-refractivity contribution >= 4 is 18.1 Å². The van der Waals surface area contributed by atoms with E-state index in [0.717, 1.165) is 25.7 Å². The van der Waals surface area contributed by atoms with Crippen LogP contribution in [0.25, 0.3) is 0 Å². The smallest absolute Gasteiger partial charge is 0.255 e. The molecule has 1 N–H and O–H groups in total. The predicted molar refractivity (Wildman–Crippen MR) is 124 cm³/mol. The molecule has 1 saturated carbocycles. The van der Waals surface area contributed by atoms with Crippen molar-refractivity contribution < 1.29 is 9.53 Å². The van der Waals surface area contributed by atoms with E-state index in [-0.39, 0.29) is 17.4 Å². The molecule has 0 radical (unpaired) electrons. The van der Waals surface area contributed by atoms with Gasteiger partial charge in [0.2, 0.25) is 12.2 Å². The van der Waals surface area contributed by atoms with Crippen LogP contribution in [0.4, 0.5) is 0 Å². The van der Waals surface area contributed by atoms with Gasteiger partial charge in [-0.25, -0.2) is 4.99 Å². The lowest BCUT2D eigenvalue weighted by atomic mass is 9.68. The minimum absolute atomic E-state index is 0.128. The molecule has 2 aromatic rings. The molecule has 1 heterocycles. The van der Waals surface area contributed by atoms with Gasteiger partial charge in [-0.05, 0) is 43.4 Å². The first-order chi connectivity index (χ1) is 15.7. The van der Waals surface area contributed by atoms with Crippen LogP contribution in [0.5, 0.6) is 5.75 Å². The van der Waals surface area contributed by atoms with Gasteiger partial charge in [0.25, 0.3) is 5.91 Å². The lowest BCUT2D eigenvalue weighted by Crippen LogP contribution is -2.48. The number of benzene rings is 2. The van der Waals surface area contributed by atoms with Crippen molar-refractivity contribution in [2.75, 3.05) is 20.2 Å². The summed E-state index contributed by atoms with van der Waals surface area (Å²) in [7, 11) is 1.57. The Labute approximate surface area is 188 Å². The monoisotopic (exact) mass is 429 g/mol. The second-order valence-corrected chi connectivity index (χ2v) is 8.24. The summed E-state index contributed by atoms with van der Waals surface area (Å²) >= 11 is 0. The number of ether oxygens (including phenoxy) is 1. The van der Waals surface area contributed by atoms with E-state index in [1.165, 1.54) is 5.56 Å². The van der Waals surface area contributed by atoms with Gasteiger partial charge in [-0.3, -0.25) is 4.79 Å². The third kappa shape index (κ3) is 4.35. The summed E-state index contributed by atoms with van der Waals surface area (Å²) in [5, 5.41) is 12.1. The highest BCUT2D eigenvalue weighted by molar-refractivity contribution is 5.97. The number of carbonyl (C=O) groups is 1. The Morgan fingerprint density at radius 2 is 1.94 bits per heavy atom. The van der Waals surface area contributed by atoms with Crippen LogP contribution < -0.4 is 10.1 Å². The van der Waals surface area contributed by atoms with Crippen molar-refractivity contribution in [3.63, 3.8) is 0 Å². The van der Waals surface area contributed by atoms with Gasteiger partial charge in [0.15, 0.2) is 0 Å². The first-order valence-corrected chi connectivity index (χ1v) is 10.9. The Balaban J connectivity index is 1.50. The third-order valence-electron chi connectivity index (χ3n) is 6.57. The van der Waals surface area contributed by atoms with E-state index in [1.807, 2.05) is 30.6 Å². The second-order valence-electron chi connectivity index (χ2n) is 8.24. The van der Waals surface area contributed by atoms with Crippen molar-refractivity contribution in [2.45, 2.75) is 37.1 Å². The first-order valence-electron chi connectivity index (χ1n) is 10.9. The number of nitrogens with zero attached hydrogens (tertiary/aromatic N) is 4. The molecule has 32 heavy (non-hydrogen) atoms. The van der Waals surface area contributed by atoms with Crippen molar-refractivity contribution in [1.82, 2.24) is 10.2 Å². The molecule has 7 heteroatoms. The summed E-state index contributed by atoms with van der Waals surface area (Å²) in [4.78, 5) is 23.2. The standard InChI is InChI=1S/C25H27N5O2/c1-32-22-10-6-5-9-21(22)23(31)28-17-25(19-7-3-2-4-8-19)13-11-20(12-14-25)30-16-15-27-24(30)29-18-26/h2-10,15,20H,11-14,16-17H2,1H3,(H,28,31)/t20-,25+. The Kier molecular flexibility index (Phi) is 6.50. The molecule has 1 amide bonds. The van der Waals surface area contributed by atoms with E-state index in [1.54, 1.807) is 19.2 Å². The number of amides is 1. The number of hydrogen-bond donors (Lipinski definition) is 1.